The first kappa shape index (κ1) is 30.5. The molecule has 35 heavy (non-hydrogen) atoms. The molecule has 0 amide bonds. The zero-order chi connectivity index (χ0) is 25.9. The number of aryl methyl sites for hydroxylation is 4. The van der Waals surface area contributed by atoms with Crippen molar-refractivity contribution in [2.75, 3.05) is 34.5 Å². The van der Waals surface area contributed by atoms with Gasteiger partial charge in [0.2, 0.25) is 0 Å². The third kappa shape index (κ3) is 11.5. The van der Waals surface area contributed by atoms with Crippen molar-refractivity contribution in [1.29, 1.82) is 0 Å². The highest BCUT2D eigenvalue weighted by Gasteiger charge is 2.16. The van der Waals surface area contributed by atoms with Crippen LogP contribution in [-0.2, 0) is 33.1 Å². The highest BCUT2D eigenvalue weighted by atomic mass is 32.2. The molecule has 6 nitrogen and oxygen atoms in total. The maximum atomic E-state index is 11.5. The Labute approximate surface area is 222 Å². The maximum Gasteiger partial charge on any atom is 0.294 e. The molecular weight excluding hydrogens is 545 g/mol. The van der Waals surface area contributed by atoms with E-state index in [1.807, 2.05) is 61.3 Å². The van der Waals surface area contributed by atoms with Crippen LogP contribution in [0.15, 0.2) is 46.2 Å². The van der Waals surface area contributed by atoms with Gasteiger partial charge in [0.25, 0.3) is 20.2 Å². The molecule has 0 aliphatic rings. The molecule has 0 radical (unpaired) electrons. The van der Waals surface area contributed by atoms with Crippen LogP contribution in [0.3, 0.4) is 0 Å². The van der Waals surface area contributed by atoms with Gasteiger partial charge < -0.3 is 0 Å². The van der Waals surface area contributed by atoms with Crippen LogP contribution in [0, 0.1) is 13.8 Å². The van der Waals surface area contributed by atoms with Crippen molar-refractivity contribution >= 4 is 55.5 Å². The van der Waals surface area contributed by atoms with E-state index < -0.39 is 20.2 Å². The van der Waals surface area contributed by atoms with Crippen molar-refractivity contribution in [3.63, 3.8) is 0 Å². The lowest BCUT2D eigenvalue weighted by Gasteiger charge is -2.09. The number of hydrogen-bond acceptors (Lipinski definition) is 7. The lowest BCUT2D eigenvalue weighted by Crippen LogP contribution is -2.04. The second kappa shape index (κ2) is 14.9. The summed E-state index contributed by atoms with van der Waals surface area (Å²) in [6.07, 6.45) is 2.97. The summed E-state index contributed by atoms with van der Waals surface area (Å²) in [5.74, 6) is 6.09. The SMILES string of the molecule is Cc1ccc(S(=O)(=O)O)c(CCCSCCSCCSCCCc2cc(C)ccc2S(=O)(=O)O)c1. The first-order valence-electron chi connectivity index (χ1n) is 11.4. The van der Waals surface area contributed by atoms with E-state index in [1.165, 1.54) is 12.1 Å². The van der Waals surface area contributed by atoms with Crippen LogP contribution in [-0.4, -0.2) is 60.5 Å². The van der Waals surface area contributed by atoms with E-state index in [9.17, 15) is 25.9 Å². The van der Waals surface area contributed by atoms with Crippen molar-refractivity contribution in [1.82, 2.24) is 0 Å². The minimum atomic E-state index is -4.19. The Bertz CT molecular complexity index is 1070. The topological polar surface area (TPSA) is 109 Å². The van der Waals surface area contributed by atoms with Gasteiger partial charge in [-0.15, -0.1) is 0 Å². The van der Waals surface area contributed by atoms with Crippen molar-refractivity contribution in [3.8, 4) is 0 Å². The normalized spacial score (nSPS) is 12.2. The quantitative estimate of drug-likeness (QED) is 0.195. The molecule has 0 fully saturated rings. The molecule has 0 aromatic heterocycles. The molecule has 2 aromatic carbocycles. The van der Waals surface area contributed by atoms with Crippen LogP contribution in [0.2, 0.25) is 0 Å². The van der Waals surface area contributed by atoms with Crippen LogP contribution >= 0.6 is 35.3 Å². The minimum Gasteiger partial charge on any atom is -0.282 e. The third-order valence-electron chi connectivity index (χ3n) is 5.20. The first-order valence-corrected chi connectivity index (χ1v) is 17.7. The summed E-state index contributed by atoms with van der Waals surface area (Å²) >= 11 is 5.62. The summed E-state index contributed by atoms with van der Waals surface area (Å²) in [6, 6.07) is 9.99. The van der Waals surface area contributed by atoms with E-state index in [0.29, 0.717) is 24.0 Å². The highest BCUT2D eigenvalue weighted by molar-refractivity contribution is 8.04. The average molecular weight is 579 g/mol. The molecule has 0 unspecified atom stereocenters. The van der Waals surface area contributed by atoms with Crippen molar-refractivity contribution < 1.29 is 25.9 Å². The Balaban J connectivity index is 1.53. The zero-order valence-corrected chi connectivity index (χ0v) is 24.2. The fourth-order valence-corrected chi connectivity index (χ4v) is 8.24. The van der Waals surface area contributed by atoms with Gasteiger partial charge in [-0.1, -0.05) is 35.4 Å². The lowest BCUT2D eigenvalue weighted by molar-refractivity contribution is 0.479. The van der Waals surface area contributed by atoms with Crippen LogP contribution in [0.4, 0.5) is 0 Å². The monoisotopic (exact) mass is 578 g/mol. The average Bonchev–Trinajstić information content (AvgIpc) is 2.75. The van der Waals surface area contributed by atoms with E-state index in [0.717, 1.165) is 58.5 Å². The molecule has 0 bridgehead atoms. The minimum absolute atomic E-state index is 0.0129. The first-order chi connectivity index (χ1) is 16.5. The van der Waals surface area contributed by atoms with Crippen molar-refractivity contribution in [3.05, 3.63) is 58.7 Å². The second-order valence-electron chi connectivity index (χ2n) is 8.22. The van der Waals surface area contributed by atoms with Crippen molar-refractivity contribution in [2.24, 2.45) is 0 Å². The van der Waals surface area contributed by atoms with Gasteiger partial charge in [0.1, 0.15) is 0 Å². The van der Waals surface area contributed by atoms with Gasteiger partial charge in [-0.05, 0) is 74.3 Å². The number of rotatable bonds is 16. The van der Waals surface area contributed by atoms with Crippen LogP contribution < -0.4 is 0 Å². The molecule has 0 atom stereocenters. The van der Waals surface area contributed by atoms with Gasteiger partial charge in [-0.2, -0.15) is 52.1 Å². The highest BCUT2D eigenvalue weighted by Crippen LogP contribution is 2.21. The predicted molar refractivity (Wildman–Crippen MR) is 151 cm³/mol. The molecule has 11 heteroatoms. The molecule has 2 N–H and O–H groups in total. The largest absolute Gasteiger partial charge is 0.294 e. The van der Waals surface area contributed by atoms with Gasteiger partial charge in [-0.25, -0.2) is 0 Å². The van der Waals surface area contributed by atoms with Gasteiger partial charge in [0.15, 0.2) is 0 Å². The standard InChI is InChI=1S/C24H34O6S5/c1-19-7-9-23(34(25,26)27)21(17-19)5-3-11-31-13-15-33-16-14-32-12-4-6-22-18-20(2)8-10-24(22)35(28,29)30/h7-10,17-18H,3-6,11-16H2,1-2H3,(H,25,26,27)(H,28,29,30). The molecule has 2 aromatic rings. The van der Waals surface area contributed by atoms with Gasteiger partial charge >= 0.3 is 0 Å². The van der Waals surface area contributed by atoms with Crippen LogP contribution in [0.1, 0.15) is 35.1 Å². The predicted octanol–water partition coefficient (Wildman–Crippen LogP) is 5.56. The molecule has 196 valence electrons. The zero-order valence-electron chi connectivity index (χ0n) is 20.1. The number of benzene rings is 2. The Hall–Kier alpha value is -0.690. The van der Waals surface area contributed by atoms with Crippen LogP contribution in [0.5, 0.6) is 0 Å². The Morgan fingerprint density at radius 1 is 0.600 bits per heavy atom. The fraction of sp³-hybridized carbons (Fsp3) is 0.500. The maximum absolute atomic E-state index is 11.5. The molecule has 0 aliphatic carbocycles. The molecule has 0 saturated carbocycles. The van der Waals surface area contributed by atoms with E-state index >= 15 is 0 Å². The Kier molecular flexibility index (Phi) is 13.0. The molecule has 2 rings (SSSR count). The van der Waals surface area contributed by atoms with E-state index in [-0.39, 0.29) is 9.79 Å². The van der Waals surface area contributed by atoms with E-state index in [2.05, 4.69) is 0 Å². The Morgan fingerprint density at radius 2 is 0.943 bits per heavy atom. The molecule has 0 heterocycles. The molecule has 0 saturated heterocycles. The summed E-state index contributed by atoms with van der Waals surface area (Å²) < 4.78 is 64.9. The summed E-state index contributed by atoms with van der Waals surface area (Å²) in [6.45, 7) is 3.82. The summed E-state index contributed by atoms with van der Waals surface area (Å²) in [4.78, 5) is 0.0258. The summed E-state index contributed by atoms with van der Waals surface area (Å²) in [7, 11) is -8.37. The van der Waals surface area contributed by atoms with E-state index in [4.69, 9.17) is 0 Å². The van der Waals surface area contributed by atoms with E-state index in [1.54, 1.807) is 12.1 Å². The molecule has 0 spiro atoms. The number of hydrogen-bond donors (Lipinski definition) is 2. The second-order valence-corrected chi connectivity index (χ2v) is 14.7. The summed E-state index contributed by atoms with van der Waals surface area (Å²) in [5, 5.41) is 0. The van der Waals surface area contributed by atoms with Gasteiger partial charge in [0, 0.05) is 23.0 Å². The fourth-order valence-electron chi connectivity index (χ4n) is 3.58. The third-order valence-corrected chi connectivity index (χ3v) is 10.8. The van der Waals surface area contributed by atoms with Gasteiger partial charge in [-0.3, -0.25) is 9.11 Å². The summed E-state index contributed by atoms with van der Waals surface area (Å²) in [5.41, 5.74) is 3.31. The molecular formula is C24H34O6S5. The lowest BCUT2D eigenvalue weighted by atomic mass is 10.1. The van der Waals surface area contributed by atoms with Gasteiger partial charge in [0.05, 0.1) is 9.79 Å². The van der Waals surface area contributed by atoms with Crippen LogP contribution in [0.25, 0.3) is 0 Å². The Morgan fingerprint density at radius 3 is 1.29 bits per heavy atom. The smallest absolute Gasteiger partial charge is 0.282 e. The molecule has 0 aliphatic heterocycles. The van der Waals surface area contributed by atoms with Crippen molar-refractivity contribution in [2.45, 2.75) is 49.3 Å². The number of thioether (sulfide) groups is 3.